The molecule has 1 saturated heterocycles. The van der Waals surface area contributed by atoms with Crippen LogP contribution in [0.4, 0.5) is 0 Å². The molecule has 0 bridgehead atoms. The number of aliphatic hydroxyl groups excluding tert-OH is 1. The zero-order chi connectivity index (χ0) is 21.6. The third kappa shape index (κ3) is 6.08. The lowest BCUT2D eigenvalue weighted by Crippen LogP contribution is -2.61. The second-order valence-corrected chi connectivity index (χ2v) is 7.64. The number of nitrogens with zero attached hydrogens (tertiary/aromatic N) is 1. The molecule has 0 aromatic heterocycles. The second kappa shape index (κ2) is 10.6. The molecule has 11 heteroatoms. The molecule has 0 aromatic carbocycles. The van der Waals surface area contributed by atoms with Crippen LogP contribution in [0.1, 0.15) is 33.6 Å². The summed E-state index contributed by atoms with van der Waals surface area (Å²) in [6, 6.07) is -4.20. The van der Waals surface area contributed by atoms with E-state index in [0.717, 1.165) is 4.90 Å². The van der Waals surface area contributed by atoms with Crippen molar-refractivity contribution in [3.63, 3.8) is 0 Å². The van der Waals surface area contributed by atoms with Crippen LogP contribution in [-0.4, -0.2) is 81.4 Å². The first-order chi connectivity index (χ1) is 13.0. The van der Waals surface area contributed by atoms with Gasteiger partial charge >= 0.3 is 5.97 Å². The van der Waals surface area contributed by atoms with Gasteiger partial charge in [0.1, 0.15) is 18.1 Å². The first-order valence-corrected chi connectivity index (χ1v) is 9.83. The minimum absolute atomic E-state index is 0.0958. The van der Waals surface area contributed by atoms with Gasteiger partial charge in [0, 0.05) is 12.3 Å². The molecule has 1 aliphatic rings. The van der Waals surface area contributed by atoms with Gasteiger partial charge in [-0.2, -0.15) is 12.6 Å². The number of aliphatic hydroxyl groups is 1. The van der Waals surface area contributed by atoms with Gasteiger partial charge in [-0.3, -0.25) is 14.4 Å². The van der Waals surface area contributed by atoms with Crippen molar-refractivity contribution in [3.8, 4) is 0 Å². The summed E-state index contributed by atoms with van der Waals surface area (Å²) < 4.78 is 0. The number of hydrogen-bond acceptors (Lipinski definition) is 7. The van der Waals surface area contributed by atoms with Gasteiger partial charge in [-0.1, -0.05) is 13.8 Å². The number of nitrogens with one attached hydrogen (secondary N) is 2. The summed E-state index contributed by atoms with van der Waals surface area (Å²) in [4.78, 5) is 50.0. The molecule has 10 nitrogen and oxygen atoms in total. The van der Waals surface area contributed by atoms with Gasteiger partial charge in [0.15, 0.2) is 0 Å². The molecule has 0 spiro atoms. The number of likely N-dealkylation sites (tertiary alicyclic amines) is 1. The number of carboxylic acids is 1. The van der Waals surface area contributed by atoms with Crippen LogP contribution in [0.5, 0.6) is 0 Å². The summed E-state index contributed by atoms with van der Waals surface area (Å²) in [7, 11) is 0. The normalized spacial score (nSPS) is 21.0. The highest BCUT2D eigenvalue weighted by molar-refractivity contribution is 7.80. The van der Waals surface area contributed by atoms with Crippen molar-refractivity contribution in [2.45, 2.75) is 63.9 Å². The van der Waals surface area contributed by atoms with Crippen molar-refractivity contribution < 1.29 is 29.4 Å². The van der Waals surface area contributed by atoms with Crippen molar-refractivity contribution in [1.29, 1.82) is 0 Å². The van der Waals surface area contributed by atoms with Crippen molar-refractivity contribution >= 4 is 36.3 Å². The standard InChI is InChI=1S/C17H30N4O6S/c1-8(2)12(19-14(23)10(18)7-28)15(24)20-13(9(3)22)16(25)21-6-4-5-11(21)17(26)27/h8-13,22,28H,4-7,18H2,1-3H3,(H,19,23)(H,20,24)(H,26,27). The average Bonchev–Trinajstić information content (AvgIpc) is 3.11. The molecule has 0 aliphatic carbocycles. The minimum Gasteiger partial charge on any atom is -0.480 e. The van der Waals surface area contributed by atoms with E-state index in [1.807, 2.05) is 0 Å². The Kier molecular flexibility index (Phi) is 9.18. The molecule has 5 unspecified atom stereocenters. The Hall–Kier alpha value is -1.85. The number of amides is 3. The quantitative estimate of drug-likeness (QED) is 0.244. The lowest BCUT2D eigenvalue weighted by atomic mass is 10.0. The van der Waals surface area contributed by atoms with E-state index in [1.54, 1.807) is 13.8 Å². The van der Waals surface area contributed by atoms with Gasteiger partial charge in [-0.25, -0.2) is 4.79 Å². The highest BCUT2D eigenvalue weighted by Gasteiger charge is 2.40. The smallest absolute Gasteiger partial charge is 0.326 e. The van der Waals surface area contributed by atoms with E-state index in [2.05, 4.69) is 23.3 Å². The molecule has 160 valence electrons. The number of carbonyl (C=O) groups excluding carboxylic acids is 3. The molecule has 0 saturated carbocycles. The van der Waals surface area contributed by atoms with Gasteiger partial charge in [0.05, 0.1) is 12.1 Å². The number of thiol groups is 1. The van der Waals surface area contributed by atoms with Gasteiger partial charge in [0.2, 0.25) is 17.7 Å². The van der Waals surface area contributed by atoms with Crippen molar-refractivity contribution in [3.05, 3.63) is 0 Å². The first kappa shape index (κ1) is 24.2. The van der Waals surface area contributed by atoms with Crippen LogP contribution in [0.3, 0.4) is 0 Å². The number of carbonyl (C=O) groups is 4. The minimum atomic E-state index is -1.33. The van der Waals surface area contributed by atoms with E-state index in [-0.39, 0.29) is 18.2 Å². The topological polar surface area (TPSA) is 162 Å². The molecule has 1 heterocycles. The maximum absolute atomic E-state index is 12.8. The summed E-state index contributed by atoms with van der Waals surface area (Å²) in [6.45, 7) is 4.97. The lowest BCUT2D eigenvalue weighted by molar-refractivity contribution is -0.150. The maximum atomic E-state index is 12.8. The number of hydrogen-bond donors (Lipinski definition) is 6. The number of aliphatic carboxylic acids is 1. The SMILES string of the molecule is CC(C)C(NC(=O)C(N)CS)C(=O)NC(C(=O)N1CCCC1C(=O)O)C(C)O. The Morgan fingerprint density at radius 2 is 1.71 bits per heavy atom. The maximum Gasteiger partial charge on any atom is 0.326 e. The van der Waals surface area contributed by atoms with Crippen LogP contribution in [0, 0.1) is 5.92 Å². The highest BCUT2D eigenvalue weighted by Crippen LogP contribution is 2.19. The third-order valence-electron chi connectivity index (χ3n) is 4.65. The predicted octanol–water partition coefficient (Wildman–Crippen LogP) is -1.67. The van der Waals surface area contributed by atoms with E-state index in [4.69, 9.17) is 5.73 Å². The van der Waals surface area contributed by atoms with E-state index >= 15 is 0 Å². The lowest BCUT2D eigenvalue weighted by Gasteiger charge is -2.31. The zero-order valence-electron chi connectivity index (χ0n) is 16.3. The van der Waals surface area contributed by atoms with Crippen LogP contribution in [0.25, 0.3) is 0 Å². The van der Waals surface area contributed by atoms with Crippen LogP contribution in [0.2, 0.25) is 0 Å². The summed E-state index contributed by atoms with van der Waals surface area (Å²) >= 11 is 3.95. The fraction of sp³-hybridized carbons (Fsp3) is 0.765. The summed E-state index contributed by atoms with van der Waals surface area (Å²) in [5.41, 5.74) is 5.61. The van der Waals surface area contributed by atoms with E-state index < -0.39 is 54.0 Å². The number of rotatable bonds is 9. The van der Waals surface area contributed by atoms with Gasteiger partial charge < -0.3 is 31.5 Å². The zero-order valence-corrected chi connectivity index (χ0v) is 17.2. The summed E-state index contributed by atoms with van der Waals surface area (Å²) in [6.07, 6.45) is -0.418. The molecular weight excluding hydrogens is 388 g/mol. The summed E-state index contributed by atoms with van der Waals surface area (Å²) in [5.74, 6) is -3.25. The first-order valence-electron chi connectivity index (χ1n) is 9.19. The number of nitrogens with two attached hydrogens (primary N) is 1. The molecule has 1 rings (SSSR count). The molecule has 3 amide bonds. The van der Waals surface area contributed by atoms with E-state index in [1.165, 1.54) is 6.92 Å². The van der Waals surface area contributed by atoms with Crippen molar-refractivity contribution in [2.24, 2.45) is 11.7 Å². The molecule has 28 heavy (non-hydrogen) atoms. The third-order valence-corrected chi connectivity index (χ3v) is 5.04. The Labute approximate surface area is 169 Å². The molecular formula is C17H30N4O6S. The Bertz CT molecular complexity index is 600. The molecule has 6 N–H and O–H groups in total. The fourth-order valence-corrected chi connectivity index (χ4v) is 3.14. The monoisotopic (exact) mass is 418 g/mol. The second-order valence-electron chi connectivity index (χ2n) is 7.27. The number of carboxylic acid groups (broad SMARTS) is 1. The Morgan fingerprint density at radius 3 is 2.18 bits per heavy atom. The Morgan fingerprint density at radius 1 is 1.14 bits per heavy atom. The molecule has 1 aliphatic heterocycles. The van der Waals surface area contributed by atoms with Crippen molar-refractivity contribution in [1.82, 2.24) is 15.5 Å². The van der Waals surface area contributed by atoms with E-state index in [9.17, 15) is 29.4 Å². The van der Waals surface area contributed by atoms with Gasteiger partial charge in [-0.15, -0.1) is 0 Å². The van der Waals surface area contributed by atoms with Crippen LogP contribution >= 0.6 is 12.6 Å². The van der Waals surface area contributed by atoms with Gasteiger partial charge in [-0.05, 0) is 25.7 Å². The Balaban J connectivity index is 2.93. The summed E-state index contributed by atoms with van der Waals surface area (Å²) in [5, 5.41) is 24.2. The fourth-order valence-electron chi connectivity index (χ4n) is 2.98. The molecule has 0 aromatic rings. The van der Waals surface area contributed by atoms with Crippen LogP contribution in [0.15, 0.2) is 0 Å². The van der Waals surface area contributed by atoms with Crippen molar-refractivity contribution in [2.75, 3.05) is 12.3 Å². The predicted molar refractivity (Wildman–Crippen MR) is 105 cm³/mol. The van der Waals surface area contributed by atoms with Crippen LogP contribution in [-0.2, 0) is 19.2 Å². The largest absolute Gasteiger partial charge is 0.480 e. The molecule has 0 radical (unpaired) electrons. The molecule has 5 atom stereocenters. The average molecular weight is 419 g/mol. The molecule has 1 fully saturated rings. The van der Waals surface area contributed by atoms with E-state index in [0.29, 0.717) is 12.8 Å². The highest BCUT2D eigenvalue weighted by atomic mass is 32.1. The van der Waals surface area contributed by atoms with Gasteiger partial charge in [0.25, 0.3) is 0 Å². The van der Waals surface area contributed by atoms with Crippen LogP contribution < -0.4 is 16.4 Å².